The molecule has 3 aromatic carbocycles. The Morgan fingerprint density at radius 3 is 2.34 bits per heavy atom. The van der Waals surface area contributed by atoms with E-state index in [4.69, 9.17) is 16.0 Å². The van der Waals surface area contributed by atoms with Gasteiger partial charge in [-0.25, -0.2) is 0 Å². The van der Waals surface area contributed by atoms with Crippen LogP contribution in [0.25, 0.3) is 0 Å². The van der Waals surface area contributed by atoms with Crippen molar-refractivity contribution in [3.05, 3.63) is 99.6 Å². The van der Waals surface area contributed by atoms with E-state index in [9.17, 15) is 15.0 Å². The van der Waals surface area contributed by atoms with E-state index < -0.39 is 8.32 Å². The van der Waals surface area contributed by atoms with Crippen molar-refractivity contribution < 1.29 is 19.4 Å². The molecule has 8 heteroatoms. The lowest BCUT2D eigenvalue weighted by Gasteiger charge is -2.40. The zero-order chi connectivity index (χ0) is 30.2. The Labute approximate surface area is 251 Å². The number of aliphatic hydroxyl groups excluding tert-OH is 1. The van der Waals surface area contributed by atoms with Crippen molar-refractivity contribution in [2.24, 2.45) is 0 Å². The molecule has 6 nitrogen and oxygen atoms in total. The van der Waals surface area contributed by atoms with Gasteiger partial charge in [-0.15, -0.1) is 0 Å². The second-order valence-electron chi connectivity index (χ2n) is 12.3. The summed E-state index contributed by atoms with van der Waals surface area (Å²) in [6, 6.07) is 21.1. The molecule has 0 saturated heterocycles. The third-order valence-electron chi connectivity index (χ3n) is 7.84. The summed E-state index contributed by atoms with van der Waals surface area (Å²) in [6.07, 6.45) is 0.893. The molecule has 0 unspecified atom stereocenters. The molecule has 0 aliphatic rings. The van der Waals surface area contributed by atoms with Crippen molar-refractivity contribution in [3.8, 4) is 5.75 Å². The lowest BCUT2D eigenvalue weighted by atomic mass is 10.0. The van der Waals surface area contributed by atoms with Crippen LogP contribution >= 0.6 is 11.6 Å². The average Bonchev–Trinajstić information content (AvgIpc) is 2.90. The maximum atomic E-state index is 12.6. The summed E-state index contributed by atoms with van der Waals surface area (Å²) in [4.78, 5) is 12.6. The Kier molecular flexibility index (Phi) is 11.6. The second-order valence-corrected chi connectivity index (χ2v) is 17.5. The normalized spacial score (nSPS) is 13.6. The molecule has 2 atom stereocenters. The van der Waals surface area contributed by atoms with Crippen LogP contribution in [0.3, 0.4) is 0 Å². The smallest absolute Gasteiger partial charge is 0.224 e. The van der Waals surface area contributed by atoms with Crippen molar-refractivity contribution in [2.75, 3.05) is 6.54 Å². The number of phenols is 1. The van der Waals surface area contributed by atoms with Crippen LogP contribution in [0.5, 0.6) is 5.75 Å². The van der Waals surface area contributed by atoms with Crippen molar-refractivity contribution in [3.63, 3.8) is 0 Å². The number of nitrogens with one attached hydrogen (secondary N) is 2. The summed E-state index contributed by atoms with van der Waals surface area (Å²) in [5.41, 5.74) is 4.56. The van der Waals surface area contributed by atoms with E-state index in [-0.39, 0.29) is 35.4 Å². The maximum Gasteiger partial charge on any atom is 0.224 e. The van der Waals surface area contributed by atoms with Gasteiger partial charge >= 0.3 is 0 Å². The van der Waals surface area contributed by atoms with Crippen LogP contribution in [-0.2, 0) is 35.2 Å². The number of hydrogen-bond acceptors (Lipinski definition) is 5. The van der Waals surface area contributed by atoms with Gasteiger partial charge in [0.05, 0.1) is 19.1 Å². The van der Waals surface area contributed by atoms with Gasteiger partial charge in [0.2, 0.25) is 5.91 Å². The van der Waals surface area contributed by atoms with Crippen LogP contribution < -0.4 is 10.6 Å². The van der Waals surface area contributed by atoms with Crippen molar-refractivity contribution in [1.29, 1.82) is 0 Å². The molecule has 0 spiro atoms. The van der Waals surface area contributed by atoms with E-state index in [1.54, 1.807) is 6.07 Å². The summed E-state index contributed by atoms with van der Waals surface area (Å²) in [5.74, 6) is 0.0623. The Morgan fingerprint density at radius 2 is 1.68 bits per heavy atom. The molecule has 0 aliphatic heterocycles. The van der Waals surface area contributed by atoms with Gasteiger partial charge in [-0.05, 0) is 78.0 Å². The molecule has 0 saturated carbocycles. The summed E-state index contributed by atoms with van der Waals surface area (Å²) in [5, 5.41) is 27.1. The molecular weight excluding hydrogens is 552 g/mol. The van der Waals surface area contributed by atoms with E-state index in [1.165, 1.54) is 0 Å². The van der Waals surface area contributed by atoms with E-state index in [0.717, 1.165) is 28.7 Å². The fraction of sp³-hybridized carbons (Fsp3) is 0.424. The van der Waals surface area contributed by atoms with Crippen LogP contribution in [0.4, 0.5) is 0 Å². The first kappa shape index (κ1) is 32.8. The van der Waals surface area contributed by atoms with Crippen LogP contribution in [0.1, 0.15) is 61.6 Å². The highest BCUT2D eigenvalue weighted by molar-refractivity contribution is 6.74. The predicted molar refractivity (Wildman–Crippen MR) is 170 cm³/mol. The molecule has 0 heterocycles. The van der Waals surface area contributed by atoms with Gasteiger partial charge in [0.25, 0.3) is 0 Å². The van der Waals surface area contributed by atoms with Crippen molar-refractivity contribution in [1.82, 2.24) is 10.6 Å². The molecule has 0 radical (unpaired) electrons. The molecule has 3 aromatic rings. The molecule has 0 bridgehead atoms. The molecule has 3 rings (SSSR count). The Morgan fingerprint density at radius 1 is 1.00 bits per heavy atom. The third kappa shape index (κ3) is 9.97. The van der Waals surface area contributed by atoms with Crippen LogP contribution in [-0.4, -0.2) is 37.0 Å². The highest BCUT2D eigenvalue weighted by atomic mass is 35.5. The fourth-order valence-electron chi connectivity index (χ4n) is 4.34. The van der Waals surface area contributed by atoms with Crippen LogP contribution in [0.15, 0.2) is 66.7 Å². The number of halogens is 1. The van der Waals surface area contributed by atoms with Crippen molar-refractivity contribution >= 4 is 25.8 Å². The largest absolute Gasteiger partial charge is 0.508 e. The number of rotatable bonds is 13. The van der Waals surface area contributed by atoms with Gasteiger partial charge in [-0.2, -0.15) is 0 Å². The van der Waals surface area contributed by atoms with Crippen molar-refractivity contribution in [2.45, 2.75) is 84.0 Å². The van der Waals surface area contributed by atoms with Gasteiger partial charge in [-0.1, -0.05) is 74.8 Å². The quantitative estimate of drug-likeness (QED) is 0.165. The second kappa shape index (κ2) is 14.5. The summed E-state index contributed by atoms with van der Waals surface area (Å²) >= 11 is 5.94. The summed E-state index contributed by atoms with van der Waals surface area (Å²) in [7, 11) is -2.10. The number of carbonyl (C=O) groups is 1. The fourth-order valence-corrected chi connectivity index (χ4v) is 5.75. The number of aromatic hydroxyl groups is 1. The maximum absolute atomic E-state index is 12.6. The predicted octanol–water partition coefficient (Wildman–Crippen LogP) is 6.68. The zero-order valence-corrected chi connectivity index (χ0v) is 26.9. The number of benzene rings is 3. The first-order valence-electron chi connectivity index (χ1n) is 14.2. The monoisotopic (exact) mass is 596 g/mol. The highest BCUT2D eigenvalue weighted by Gasteiger charge is 2.39. The molecule has 222 valence electrons. The summed E-state index contributed by atoms with van der Waals surface area (Å²) < 4.78 is 6.81. The van der Waals surface area contributed by atoms with Crippen LogP contribution in [0, 0.1) is 0 Å². The van der Waals surface area contributed by atoms with Gasteiger partial charge in [0, 0.05) is 29.7 Å². The Bertz CT molecular complexity index is 1290. The minimum Gasteiger partial charge on any atom is -0.508 e. The van der Waals surface area contributed by atoms with Gasteiger partial charge in [0.15, 0.2) is 8.32 Å². The number of carbonyl (C=O) groups excluding carboxylic acids is 1. The minimum atomic E-state index is -2.10. The van der Waals surface area contributed by atoms with E-state index >= 15 is 0 Å². The third-order valence-corrected chi connectivity index (χ3v) is 12.6. The standard InChI is InChI=1S/C33H45ClN2O4Si/c1-23(16-25-8-7-9-26(17-25)18-32(39)36-20-24-10-13-29(34)14-11-24)35-21-31(40-41(5,6)33(2,3)4)27-12-15-30(38)28(19-27)22-37/h7-15,17,19,23,31,35,37-38H,16,18,20-22H2,1-6H3,(H,36,39)/t23-,31-/m1/s1. The van der Waals surface area contributed by atoms with Crippen LogP contribution in [0.2, 0.25) is 23.2 Å². The Hall–Kier alpha value is -2.68. The molecular formula is C33H45ClN2O4Si. The van der Waals surface area contributed by atoms with E-state index in [1.807, 2.05) is 48.5 Å². The van der Waals surface area contributed by atoms with E-state index in [2.05, 4.69) is 63.6 Å². The average molecular weight is 597 g/mol. The first-order valence-corrected chi connectivity index (χ1v) is 17.5. The van der Waals surface area contributed by atoms with E-state index in [0.29, 0.717) is 30.1 Å². The number of aliphatic hydroxyl groups is 1. The zero-order valence-electron chi connectivity index (χ0n) is 25.1. The lowest BCUT2D eigenvalue weighted by molar-refractivity contribution is -0.120. The molecule has 1 amide bonds. The Balaban J connectivity index is 1.62. The highest BCUT2D eigenvalue weighted by Crippen LogP contribution is 2.40. The summed E-state index contributed by atoms with van der Waals surface area (Å²) in [6.45, 7) is 14.1. The minimum absolute atomic E-state index is 0.0231. The lowest BCUT2D eigenvalue weighted by Crippen LogP contribution is -2.44. The molecule has 0 aliphatic carbocycles. The molecule has 0 aromatic heterocycles. The molecule has 0 fully saturated rings. The van der Waals surface area contributed by atoms with Gasteiger partial charge < -0.3 is 25.3 Å². The molecule has 4 N–H and O–H groups in total. The SMILES string of the molecule is C[C@H](Cc1cccc(CC(=O)NCc2ccc(Cl)cc2)c1)NC[C@@H](O[Si](C)(C)C(C)(C)C)c1ccc(O)c(CO)c1. The number of amides is 1. The van der Waals surface area contributed by atoms with Gasteiger partial charge in [-0.3, -0.25) is 4.79 Å². The number of hydrogen-bond donors (Lipinski definition) is 4. The molecule has 41 heavy (non-hydrogen) atoms. The first-order chi connectivity index (χ1) is 19.3. The topological polar surface area (TPSA) is 90.8 Å². The van der Waals surface area contributed by atoms with Gasteiger partial charge in [0.1, 0.15) is 5.75 Å².